The van der Waals surface area contributed by atoms with Crippen molar-refractivity contribution in [3.8, 4) is 16.9 Å². The highest BCUT2D eigenvalue weighted by Gasteiger charge is 2.36. The molecule has 1 aliphatic rings. The van der Waals surface area contributed by atoms with E-state index in [1.54, 1.807) is 0 Å². The van der Waals surface area contributed by atoms with Crippen LogP contribution in [0.2, 0.25) is 0 Å². The Labute approximate surface area is 203 Å². The highest BCUT2D eigenvalue weighted by molar-refractivity contribution is 5.93. The third-order valence-corrected chi connectivity index (χ3v) is 5.71. The number of hydrogen-bond donors (Lipinski definition) is 2. The summed E-state index contributed by atoms with van der Waals surface area (Å²) in [4.78, 5) is 12.7. The number of carbonyl (C=O) groups is 1. The molecule has 1 aliphatic heterocycles. The van der Waals surface area contributed by atoms with Gasteiger partial charge in [-0.15, -0.1) is 5.10 Å². The fourth-order valence-corrected chi connectivity index (χ4v) is 3.75. The first kappa shape index (κ1) is 25.4. The normalized spacial score (nSPS) is 16.6. The number of aromatic nitrogens is 2. The number of amides is 1. The van der Waals surface area contributed by atoms with Crippen LogP contribution in [0.25, 0.3) is 16.9 Å². The molecule has 2 atom stereocenters. The van der Waals surface area contributed by atoms with Gasteiger partial charge >= 0.3 is 6.18 Å². The van der Waals surface area contributed by atoms with Crippen molar-refractivity contribution in [2.75, 3.05) is 11.9 Å². The first-order chi connectivity index (χ1) is 17.0. The molecule has 0 spiro atoms. The zero-order valence-corrected chi connectivity index (χ0v) is 19.2. The largest absolute Gasteiger partial charge is 0.414 e. The van der Waals surface area contributed by atoms with Crippen molar-refractivity contribution in [2.24, 2.45) is 5.92 Å². The third kappa shape index (κ3) is 5.91. The number of hydrogen-bond acceptors (Lipinski definition) is 4. The predicted octanol–water partition coefficient (Wildman–Crippen LogP) is 5.35. The minimum Gasteiger partial charge on any atom is -0.388 e. The van der Waals surface area contributed by atoms with Gasteiger partial charge < -0.3 is 15.4 Å². The lowest BCUT2D eigenvalue weighted by Crippen LogP contribution is -2.28. The number of anilines is 1. The van der Waals surface area contributed by atoms with E-state index in [-0.39, 0.29) is 28.8 Å². The summed E-state index contributed by atoms with van der Waals surface area (Å²) in [6.45, 7) is 4.63. The first-order valence-corrected chi connectivity index (χ1v) is 11.1. The molecule has 2 heterocycles. The van der Waals surface area contributed by atoms with Crippen molar-refractivity contribution in [3.05, 3.63) is 78.0 Å². The second-order valence-corrected chi connectivity index (χ2v) is 8.52. The van der Waals surface area contributed by atoms with Crippen molar-refractivity contribution in [1.82, 2.24) is 15.1 Å². The van der Waals surface area contributed by atoms with Crippen molar-refractivity contribution in [1.29, 1.82) is 0 Å². The van der Waals surface area contributed by atoms with Gasteiger partial charge in [0.05, 0.1) is 23.9 Å². The van der Waals surface area contributed by atoms with E-state index in [0.717, 1.165) is 18.7 Å². The maximum Gasteiger partial charge on any atom is 0.414 e. The summed E-state index contributed by atoms with van der Waals surface area (Å²) in [7, 11) is 0. The lowest BCUT2D eigenvalue weighted by Gasteiger charge is -2.16. The number of carbonyl (C=O) groups excluding carboxylic acids is 1. The summed E-state index contributed by atoms with van der Waals surface area (Å²) >= 11 is 0. The van der Waals surface area contributed by atoms with Gasteiger partial charge in [-0.2, -0.15) is 13.2 Å². The molecule has 0 saturated carbocycles. The Morgan fingerprint density at radius 3 is 2.56 bits per heavy atom. The molecule has 1 fully saturated rings. The summed E-state index contributed by atoms with van der Waals surface area (Å²) in [6, 6.07) is 10.6. The highest BCUT2D eigenvalue weighted by Crippen LogP contribution is 2.30. The lowest BCUT2D eigenvalue weighted by atomic mass is 10.1. The van der Waals surface area contributed by atoms with Gasteiger partial charge in [0, 0.05) is 23.9 Å². The summed E-state index contributed by atoms with van der Waals surface area (Å²) in [5.41, 5.74) is 1.96. The van der Waals surface area contributed by atoms with Crippen molar-refractivity contribution >= 4 is 11.7 Å². The molecule has 2 aromatic carbocycles. The Morgan fingerprint density at radius 1 is 1.19 bits per heavy atom. The van der Waals surface area contributed by atoms with Crippen LogP contribution in [-0.4, -0.2) is 34.5 Å². The van der Waals surface area contributed by atoms with Crippen LogP contribution in [0.1, 0.15) is 18.9 Å². The molecule has 0 radical (unpaired) electrons. The maximum atomic E-state index is 14.5. The molecule has 6 nitrogen and oxygen atoms in total. The Balaban J connectivity index is 1.67. The number of rotatable bonds is 7. The van der Waals surface area contributed by atoms with Crippen LogP contribution in [0.4, 0.5) is 27.8 Å². The van der Waals surface area contributed by atoms with E-state index < -0.39 is 30.5 Å². The van der Waals surface area contributed by atoms with Crippen molar-refractivity contribution in [2.45, 2.75) is 32.2 Å². The van der Waals surface area contributed by atoms with Gasteiger partial charge in [0.2, 0.25) is 5.91 Å². The van der Waals surface area contributed by atoms with E-state index in [2.05, 4.69) is 22.3 Å². The van der Waals surface area contributed by atoms with Gasteiger partial charge in [-0.05, 0) is 61.4 Å². The second-order valence-electron chi connectivity index (χ2n) is 8.52. The van der Waals surface area contributed by atoms with Gasteiger partial charge in [-0.1, -0.05) is 6.58 Å². The molecular formula is C25H23F5N4O2. The number of allylic oxidation sites excluding steroid dienone is 1. The molecule has 36 heavy (non-hydrogen) atoms. The van der Waals surface area contributed by atoms with Crippen LogP contribution >= 0.6 is 0 Å². The average Bonchev–Trinajstić information content (AvgIpc) is 3.43. The summed E-state index contributed by atoms with van der Waals surface area (Å²) in [5.74, 6) is -1.63. The average molecular weight is 506 g/mol. The van der Waals surface area contributed by atoms with Gasteiger partial charge in [0.1, 0.15) is 11.6 Å². The molecule has 4 rings (SSSR count). The number of ether oxygens (including phenoxy) is 1. The Bertz CT molecular complexity index is 1270. The molecular weight excluding hydrogens is 483 g/mol. The van der Waals surface area contributed by atoms with Crippen LogP contribution in [-0.2, 0) is 16.1 Å². The fourth-order valence-electron chi connectivity index (χ4n) is 3.75. The smallest absolute Gasteiger partial charge is 0.388 e. The van der Waals surface area contributed by atoms with Gasteiger partial charge in [-0.3, -0.25) is 4.79 Å². The summed E-state index contributed by atoms with van der Waals surface area (Å²) in [5, 5.41) is 10.1. The Morgan fingerprint density at radius 2 is 1.92 bits per heavy atom. The first-order valence-electron chi connectivity index (χ1n) is 11.1. The molecule has 1 amide bonds. The van der Waals surface area contributed by atoms with Crippen molar-refractivity contribution < 1.29 is 31.5 Å². The van der Waals surface area contributed by atoms with Crippen LogP contribution in [0.15, 0.2) is 60.8 Å². The lowest BCUT2D eigenvalue weighted by molar-refractivity contribution is -0.217. The van der Waals surface area contributed by atoms with E-state index in [1.165, 1.54) is 47.1 Å². The predicted molar refractivity (Wildman–Crippen MR) is 123 cm³/mol. The van der Waals surface area contributed by atoms with Crippen LogP contribution in [0.5, 0.6) is 0 Å². The van der Waals surface area contributed by atoms with E-state index in [1.807, 2.05) is 0 Å². The van der Waals surface area contributed by atoms with Crippen molar-refractivity contribution in [3.63, 3.8) is 0 Å². The second kappa shape index (κ2) is 10.1. The number of nitrogens with zero attached hydrogens (tertiary/aromatic N) is 2. The molecule has 0 bridgehead atoms. The number of halogens is 5. The third-order valence-electron chi connectivity index (χ3n) is 5.71. The SMILES string of the molecule is C=C1C[C@@H](C(=O)Nc2cc(-c3cc(F)cc(CO[C@H](C)C(F)(F)F)c3)n(-c3ccc(F)cc3)n2)CN1. The number of nitrogens with one attached hydrogen (secondary N) is 2. The van der Waals surface area contributed by atoms with Gasteiger partial charge in [0.15, 0.2) is 11.9 Å². The fraction of sp³-hybridized carbons (Fsp3) is 0.280. The molecule has 1 saturated heterocycles. The topological polar surface area (TPSA) is 68.2 Å². The molecule has 2 N–H and O–H groups in total. The standard InChI is InChI=1S/C25H23F5N4O2/c1-14-7-18(12-31-14)24(35)32-23-11-22(34(33-23)21-5-3-19(26)4-6-21)17-8-16(9-20(27)10-17)13-36-15(2)25(28,29)30/h3-6,8-11,15,18,31H,1,7,12-13H2,2H3,(H,32,33,35)/t15-,18-/m1/s1. The zero-order chi connectivity index (χ0) is 26.0. The highest BCUT2D eigenvalue weighted by atomic mass is 19.4. The van der Waals surface area contributed by atoms with E-state index in [4.69, 9.17) is 4.74 Å². The maximum absolute atomic E-state index is 14.5. The quantitative estimate of drug-likeness (QED) is 0.424. The van der Waals surface area contributed by atoms with E-state index in [9.17, 15) is 26.7 Å². The summed E-state index contributed by atoms with van der Waals surface area (Å²) in [6.07, 6.45) is -6.11. The van der Waals surface area contributed by atoms with Crippen LogP contribution in [0.3, 0.4) is 0 Å². The van der Waals surface area contributed by atoms with Gasteiger partial charge in [0.25, 0.3) is 0 Å². The monoisotopic (exact) mass is 506 g/mol. The zero-order valence-electron chi connectivity index (χ0n) is 19.2. The molecule has 11 heteroatoms. The van der Waals surface area contributed by atoms with E-state index in [0.29, 0.717) is 24.3 Å². The van der Waals surface area contributed by atoms with Crippen LogP contribution in [0, 0.1) is 17.6 Å². The number of benzene rings is 2. The Hall–Kier alpha value is -3.73. The molecule has 190 valence electrons. The van der Waals surface area contributed by atoms with Gasteiger partial charge in [-0.25, -0.2) is 13.5 Å². The minimum atomic E-state index is -4.55. The summed E-state index contributed by atoms with van der Waals surface area (Å²) < 4.78 is 72.6. The molecule has 0 unspecified atom stereocenters. The van der Waals surface area contributed by atoms with E-state index >= 15 is 0 Å². The number of alkyl halides is 3. The van der Waals surface area contributed by atoms with Crippen LogP contribution < -0.4 is 10.6 Å². The minimum absolute atomic E-state index is 0.171. The Kier molecular flexibility index (Phi) is 7.11. The molecule has 3 aromatic rings. The molecule has 0 aliphatic carbocycles. The molecule has 1 aromatic heterocycles.